The number of carbonyl (C=O) groups excluding carboxylic acids is 1. The molecule has 0 aliphatic carbocycles. The van der Waals surface area contributed by atoms with E-state index in [4.69, 9.17) is 4.74 Å². The van der Waals surface area contributed by atoms with Gasteiger partial charge >= 0.3 is 6.18 Å². The minimum Gasteiger partial charge on any atom is -0.502 e. The number of nitrogens with zero attached hydrogens (tertiary/aromatic N) is 3. The predicted molar refractivity (Wildman–Crippen MR) is 128 cm³/mol. The van der Waals surface area contributed by atoms with Crippen molar-refractivity contribution in [2.45, 2.75) is 35.8 Å². The summed E-state index contributed by atoms with van der Waals surface area (Å²) in [4.78, 5) is 27.0. The fourth-order valence-corrected chi connectivity index (χ4v) is 5.78. The molecule has 11 heteroatoms. The standard InChI is InChI=1S/C25H22F3N3O4S/c1-14(25(26,27)28)29-13-31(30-11-10-17(32)23(33)22(30)24(29)34)21-16-7-3-4-9-19(16)36-12-15-6-5-8-18(35-2)20(15)21/h3-11,14,21,33H,12-13H2,1-2H3/t14-,21-/m1/s1. The molecule has 0 spiro atoms. The van der Waals surface area contributed by atoms with Gasteiger partial charge in [0.25, 0.3) is 5.91 Å². The SMILES string of the molecule is COc1cccc2c1[C@H](N1CN([C@H](C)C(F)(F)F)C(=O)c3c(O)c(=O)ccn31)c1ccccc1SC2. The lowest BCUT2D eigenvalue weighted by atomic mass is 9.93. The van der Waals surface area contributed by atoms with Crippen LogP contribution in [-0.2, 0) is 5.75 Å². The number of aromatic hydroxyl groups is 1. The fourth-order valence-electron chi connectivity index (χ4n) is 4.70. The van der Waals surface area contributed by atoms with Gasteiger partial charge in [-0.15, -0.1) is 11.8 Å². The molecule has 3 aromatic rings. The van der Waals surface area contributed by atoms with Gasteiger partial charge in [-0.1, -0.05) is 30.3 Å². The molecular weight excluding hydrogens is 495 g/mol. The second kappa shape index (κ2) is 8.81. The Kier molecular flexibility index (Phi) is 5.90. The van der Waals surface area contributed by atoms with Crippen LogP contribution < -0.4 is 15.2 Å². The monoisotopic (exact) mass is 517 g/mol. The van der Waals surface area contributed by atoms with Crippen LogP contribution in [0, 0.1) is 0 Å². The minimum atomic E-state index is -4.72. The molecular formula is C25H22F3N3O4S. The number of halogens is 3. The van der Waals surface area contributed by atoms with Crippen LogP contribution in [0.3, 0.4) is 0 Å². The van der Waals surface area contributed by atoms with E-state index in [9.17, 15) is 27.9 Å². The number of methoxy groups -OCH3 is 1. The number of fused-ring (bicyclic) bond motifs is 3. The van der Waals surface area contributed by atoms with Crippen LogP contribution in [0.2, 0.25) is 0 Å². The third-order valence-corrected chi connectivity index (χ3v) is 7.72. The molecule has 7 nitrogen and oxygen atoms in total. The Morgan fingerprint density at radius 3 is 2.58 bits per heavy atom. The largest absolute Gasteiger partial charge is 0.502 e. The van der Waals surface area contributed by atoms with Crippen LogP contribution in [0.5, 0.6) is 11.5 Å². The number of hydrogen-bond donors (Lipinski definition) is 1. The Morgan fingerprint density at radius 1 is 1.11 bits per heavy atom. The van der Waals surface area contributed by atoms with Gasteiger partial charge < -0.3 is 14.7 Å². The van der Waals surface area contributed by atoms with E-state index in [-0.39, 0.29) is 0 Å². The van der Waals surface area contributed by atoms with E-state index in [1.165, 1.54) is 18.0 Å². The Labute approximate surface area is 208 Å². The summed E-state index contributed by atoms with van der Waals surface area (Å²) in [6.45, 7) is 0.436. The zero-order valence-electron chi connectivity index (χ0n) is 19.3. The summed E-state index contributed by atoms with van der Waals surface area (Å²) in [5.74, 6) is -0.850. The highest BCUT2D eigenvalue weighted by molar-refractivity contribution is 7.98. The molecule has 1 aromatic heterocycles. The van der Waals surface area contributed by atoms with E-state index >= 15 is 0 Å². The van der Waals surface area contributed by atoms with Crippen molar-refractivity contribution in [3.8, 4) is 11.5 Å². The van der Waals surface area contributed by atoms with Gasteiger partial charge in [-0.2, -0.15) is 13.2 Å². The first kappa shape index (κ1) is 24.1. The molecule has 0 bridgehead atoms. The van der Waals surface area contributed by atoms with Crippen molar-refractivity contribution in [3.63, 3.8) is 0 Å². The van der Waals surface area contributed by atoms with Crippen LogP contribution in [0.1, 0.15) is 40.1 Å². The zero-order chi connectivity index (χ0) is 25.8. The highest BCUT2D eigenvalue weighted by atomic mass is 32.2. The molecule has 188 valence electrons. The number of rotatable bonds is 3. The van der Waals surface area contributed by atoms with Crippen molar-refractivity contribution >= 4 is 17.7 Å². The smallest absolute Gasteiger partial charge is 0.408 e. The molecule has 2 aliphatic rings. The summed E-state index contributed by atoms with van der Waals surface area (Å²) < 4.78 is 48.4. The second-order valence-electron chi connectivity index (χ2n) is 8.56. The summed E-state index contributed by atoms with van der Waals surface area (Å²) in [5, 5.41) is 12.1. The number of carbonyl (C=O) groups is 1. The van der Waals surface area contributed by atoms with Gasteiger partial charge in [0, 0.05) is 28.5 Å². The highest BCUT2D eigenvalue weighted by Gasteiger charge is 2.48. The molecule has 36 heavy (non-hydrogen) atoms. The predicted octanol–water partition coefficient (Wildman–Crippen LogP) is 4.26. The second-order valence-corrected chi connectivity index (χ2v) is 9.57. The van der Waals surface area contributed by atoms with Crippen molar-refractivity contribution in [2.24, 2.45) is 0 Å². The zero-order valence-corrected chi connectivity index (χ0v) is 20.1. The molecule has 0 saturated heterocycles. The van der Waals surface area contributed by atoms with E-state index in [0.29, 0.717) is 16.4 Å². The fraction of sp³-hybridized carbons (Fsp3) is 0.280. The van der Waals surface area contributed by atoms with Crippen LogP contribution in [-0.4, -0.2) is 46.6 Å². The maximum absolute atomic E-state index is 13.8. The summed E-state index contributed by atoms with van der Waals surface area (Å²) in [6, 6.07) is 11.3. The summed E-state index contributed by atoms with van der Waals surface area (Å²) in [7, 11) is 1.52. The number of ether oxygens (including phenoxy) is 1. The van der Waals surface area contributed by atoms with Crippen LogP contribution in [0.15, 0.2) is 64.4 Å². The number of hydrogen-bond acceptors (Lipinski definition) is 6. The third kappa shape index (κ3) is 3.78. The first-order valence-corrected chi connectivity index (χ1v) is 12.1. The molecule has 0 unspecified atom stereocenters. The molecule has 2 aromatic carbocycles. The molecule has 2 aliphatic heterocycles. The Balaban J connectivity index is 1.81. The van der Waals surface area contributed by atoms with Gasteiger partial charge in [-0.3, -0.25) is 19.3 Å². The van der Waals surface area contributed by atoms with Gasteiger partial charge in [0.15, 0.2) is 11.4 Å². The molecule has 0 saturated carbocycles. The number of amides is 1. The van der Waals surface area contributed by atoms with Gasteiger partial charge in [-0.25, -0.2) is 0 Å². The molecule has 0 fully saturated rings. The van der Waals surface area contributed by atoms with Crippen LogP contribution in [0.25, 0.3) is 0 Å². The number of aromatic nitrogens is 1. The Hall–Kier alpha value is -3.60. The molecule has 2 atom stereocenters. The van der Waals surface area contributed by atoms with Gasteiger partial charge in [0.05, 0.1) is 7.11 Å². The lowest BCUT2D eigenvalue weighted by Crippen LogP contribution is -2.60. The van der Waals surface area contributed by atoms with Crippen LogP contribution >= 0.6 is 11.8 Å². The van der Waals surface area contributed by atoms with Crippen molar-refractivity contribution in [3.05, 3.63) is 87.3 Å². The molecule has 5 rings (SSSR count). The van der Waals surface area contributed by atoms with Gasteiger partial charge in [-0.05, 0) is 30.2 Å². The Bertz CT molecular complexity index is 1410. The van der Waals surface area contributed by atoms with E-state index in [1.807, 2.05) is 36.4 Å². The first-order valence-electron chi connectivity index (χ1n) is 11.1. The lowest BCUT2D eigenvalue weighted by Gasteiger charge is -2.46. The quantitative estimate of drug-likeness (QED) is 0.560. The maximum atomic E-state index is 13.8. The van der Waals surface area contributed by atoms with Crippen molar-refractivity contribution in [2.75, 3.05) is 18.8 Å². The van der Waals surface area contributed by atoms with Gasteiger partial charge in [0.1, 0.15) is 24.5 Å². The maximum Gasteiger partial charge on any atom is 0.408 e. The summed E-state index contributed by atoms with van der Waals surface area (Å²) >= 11 is 1.59. The van der Waals surface area contributed by atoms with E-state index in [0.717, 1.165) is 34.6 Å². The summed E-state index contributed by atoms with van der Waals surface area (Å²) in [6.07, 6.45) is -3.42. The number of alkyl halides is 3. The number of thioether (sulfide) groups is 1. The third-order valence-electron chi connectivity index (χ3n) is 6.58. The Morgan fingerprint density at radius 2 is 1.86 bits per heavy atom. The number of pyridine rings is 1. The minimum absolute atomic E-state index is 0.448. The normalized spacial score (nSPS) is 18.1. The highest BCUT2D eigenvalue weighted by Crippen LogP contribution is 2.46. The van der Waals surface area contributed by atoms with E-state index < -0.39 is 47.7 Å². The first-order chi connectivity index (χ1) is 17.1. The topological polar surface area (TPSA) is 75.0 Å². The molecule has 1 amide bonds. The lowest BCUT2D eigenvalue weighted by molar-refractivity contribution is -0.173. The van der Waals surface area contributed by atoms with E-state index in [1.54, 1.807) is 22.8 Å². The average Bonchev–Trinajstić information content (AvgIpc) is 3.02. The molecule has 1 N–H and O–H groups in total. The average molecular weight is 518 g/mol. The summed E-state index contributed by atoms with van der Waals surface area (Å²) in [5.41, 5.74) is 1.07. The molecule has 0 radical (unpaired) electrons. The number of benzene rings is 2. The van der Waals surface area contributed by atoms with Gasteiger partial charge in [0.2, 0.25) is 5.43 Å². The van der Waals surface area contributed by atoms with Crippen molar-refractivity contribution in [1.82, 2.24) is 9.58 Å². The molecule has 3 heterocycles. The van der Waals surface area contributed by atoms with Crippen molar-refractivity contribution in [1.29, 1.82) is 0 Å². The van der Waals surface area contributed by atoms with E-state index in [2.05, 4.69) is 0 Å². The van der Waals surface area contributed by atoms with Crippen LogP contribution in [0.4, 0.5) is 13.2 Å². The van der Waals surface area contributed by atoms with Crippen molar-refractivity contribution < 1.29 is 27.8 Å².